The Labute approximate surface area is 135 Å². The van der Waals surface area contributed by atoms with Crippen molar-refractivity contribution in [1.29, 1.82) is 0 Å². The van der Waals surface area contributed by atoms with Gasteiger partial charge in [-0.1, -0.05) is 13.8 Å². The molecule has 0 unspecified atom stereocenters. The lowest BCUT2D eigenvalue weighted by molar-refractivity contribution is 0.602. The Morgan fingerprint density at radius 1 is 1.13 bits per heavy atom. The Bertz CT molecular complexity index is 942. The Kier molecular flexibility index (Phi) is 3.85. The number of nitrogens with zero attached hydrogens (tertiary/aromatic N) is 2. The van der Waals surface area contributed by atoms with Crippen LogP contribution in [0, 0.1) is 0 Å². The lowest BCUT2D eigenvalue weighted by Gasteiger charge is -2.10. The quantitative estimate of drug-likeness (QED) is 0.794. The number of anilines is 2. The standard InChI is InChI=1S/C17H19N3O2S/c1-12(2)16-11-18-17-15(5-4-10-20(16)17)19-13-6-8-14(9-7-13)23(3,21)22/h4-12,19H,1-3H3. The molecule has 0 aliphatic carbocycles. The maximum absolute atomic E-state index is 11.5. The van der Waals surface area contributed by atoms with Crippen LogP contribution in [0.25, 0.3) is 5.65 Å². The third kappa shape index (κ3) is 3.07. The van der Waals surface area contributed by atoms with Crippen molar-refractivity contribution in [2.45, 2.75) is 24.7 Å². The van der Waals surface area contributed by atoms with E-state index in [9.17, 15) is 8.42 Å². The van der Waals surface area contributed by atoms with Gasteiger partial charge in [-0.15, -0.1) is 0 Å². The van der Waals surface area contributed by atoms with Crippen LogP contribution in [0.1, 0.15) is 25.5 Å². The lowest BCUT2D eigenvalue weighted by atomic mass is 10.1. The maximum Gasteiger partial charge on any atom is 0.175 e. The third-order valence-electron chi connectivity index (χ3n) is 3.72. The minimum Gasteiger partial charge on any atom is -0.352 e. The molecule has 6 heteroatoms. The molecule has 0 spiro atoms. The Morgan fingerprint density at radius 2 is 1.83 bits per heavy atom. The predicted molar refractivity (Wildman–Crippen MR) is 92.1 cm³/mol. The Hall–Kier alpha value is -2.34. The van der Waals surface area contributed by atoms with E-state index < -0.39 is 9.84 Å². The summed E-state index contributed by atoms with van der Waals surface area (Å²) in [6, 6.07) is 10.6. The molecule has 3 rings (SSSR count). The minimum atomic E-state index is -3.18. The fraction of sp³-hybridized carbons (Fsp3) is 0.235. The third-order valence-corrected chi connectivity index (χ3v) is 4.85. The number of nitrogens with one attached hydrogen (secondary N) is 1. The van der Waals surface area contributed by atoms with Crippen LogP contribution in [0.2, 0.25) is 0 Å². The van der Waals surface area contributed by atoms with Crippen LogP contribution in [-0.4, -0.2) is 24.1 Å². The molecule has 0 saturated heterocycles. The van der Waals surface area contributed by atoms with E-state index in [0.29, 0.717) is 10.8 Å². The van der Waals surface area contributed by atoms with Crippen LogP contribution < -0.4 is 5.32 Å². The number of aromatic nitrogens is 2. The molecule has 0 radical (unpaired) electrons. The SMILES string of the molecule is CC(C)c1cnc2c(Nc3ccc(S(C)(=O)=O)cc3)cccn12. The molecule has 0 amide bonds. The van der Waals surface area contributed by atoms with Crippen LogP contribution in [0.4, 0.5) is 11.4 Å². The van der Waals surface area contributed by atoms with Gasteiger partial charge in [0.1, 0.15) is 0 Å². The zero-order chi connectivity index (χ0) is 16.6. The Morgan fingerprint density at radius 3 is 2.43 bits per heavy atom. The van der Waals surface area contributed by atoms with E-state index in [1.54, 1.807) is 24.3 Å². The summed E-state index contributed by atoms with van der Waals surface area (Å²) >= 11 is 0. The van der Waals surface area contributed by atoms with Gasteiger partial charge in [0.05, 0.1) is 10.6 Å². The maximum atomic E-state index is 11.5. The van der Waals surface area contributed by atoms with Crippen LogP contribution in [-0.2, 0) is 9.84 Å². The van der Waals surface area contributed by atoms with Gasteiger partial charge in [-0.25, -0.2) is 13.4 Å². The van der Waals surface area contributed by atoms with E-state index in [4.69, 9.17) is 0 Å². The minimum absolute atomic E-state index is 0.309. The van der Waals surface area contributed by atoms with E-state index in [0.717, 1.165) is 22.7 Å². The summed E-state index contributed by atoms with van der Waals surface area (Å²) in [5, 5.41) is 3.30. The zero-order valence-electron chi connectivity index (χ0n) is 13.3. The molecular formula is C17H19N3O2S. The van der Waals surface area contributed by atoms with Crippen molar-refractivity contribution in [3.8, 4) is 0 Å². The van der Waals surface area contributed by atoms with Crippen LogP contribution in [0.3, 0.4) is 0 Å². The number of benzene rings is 1. The van der Waals surface area contributed by atoms with Gasteiger partial charge in [0.15, 0.2) is 15.5 Å². The first-order valence-corrected chi connectivity index (χ1v) is 9.28. The molecule has 23 heavy (non-hydrogen) atoms. The Balaban J connectivity index is 1.96. The second-order valence-electron chi connectivity index (χ2n) is 5.87. The average molecular weight is 329 g/mol. The number of pyridine rings is 1. The van der Waals surface area contributed by atoms with E-state index in [2.05, 4.69) is 28.5 Å². The first-order valence-electron chi connectivity index (χ1n) is 7.39. The number of hydrogen-bond donors (Lipinski definition) is 1. The highest BCUT2D eigenvalue weighted by Gasteiger charge is 2.11. The number of imidazole rings is 1. The second-order valence-corrected chi connectivity index (χ2v) is 7.89. The van der Waals surface area contributed by atoms with Crippen molar-refractivity contribution in [2.75, 3.05) is 11.6 Å². The monoisotopic (exact) mass is 329 g/mol. The molecule has 2 aromatic heterocycles. The van der Waals surface area contributed by atoms with Crippen molar-refractivity contribution in [2.24, 2.45) is 0 Å². The van der Waals surface area contributed by atoms with Gasteiger partial charge in [-0.3, -0.25) is 0 Å². The first-order chi connectivity index (χ1) is 10.9. The van der Waals surface area contributed by atoms with Crippen molar-refractivity contribution in [3.05, 3.63) is 54.5 Å². The molecule has 3 aromatic rings. The molecule has 0 fully saturated rings. The van der Waals surface area contributed by atoms with Crippen LogP contribution >= 0.6 is 0 Å². The number of rotatable bonds is 4. The molecule has 5 nitrogen and oxygen atoms in total. The predicted octanol–water partition coefficient (Wildman–Crippen LogP) is 3.60. The van der Waals surface area contributed by atoms with Crippen LogP contribution in [0.5, 0.6) is 0 Å². The molecule has 0 aliphatic rings. The van der Waals surface area contributed by atoms with Gasteiger partial charge in [0.25, 0.3) is 0 Å². The van der Waals surface area contributed by atoms with Crippen molar-refractivity contribution >= 4 is 26.9 Å². The summed E-state index contributed by atoms with van der Waals surface area (Å²) in [5.74, 6) is 0.384. The average Bonchev–Trinajstić information content (AvgIpc) is 2.92. The largest absolute Gasteiger partial charge is 0.352 e. The first kappa shape index (κ1) is 15.6. The van der Waals surface area contributed by atoms with Gasteiger partial charge >= 0.3 is 0 Å². The number of hydrogen-bond acceptors (Lipinski definition) is 4. The van der Waals surface area contributed by atoms with Crippen molar-refractivity contribution in [1.82, 2.24) is 9.38 Å². The lowest BCUT2D eigenvalue weighted by Crippen LogP contribution is -1.99. The molecule has 0 atom stereocenters. The smallest absolute Gasteiger partial charge is 0.175 e. The van der Waals surface area contributed by atoms with Crippen molar-refractivity contribution < 1.29 is 8.42 Å². The summed E-state index contributed by atoms with van der Waals surface area (Å²) < 4.78 is 25.1. The number of sulfone groups is 1. The van der Waals surface area contributed by atoms with Gasteiger partial charge in [0, 0.05) is 30.0 Å². The van der Waals surface area contributed by atoms with E-state index in [1.807, 2.05) is 24.5 Å². The van der Waals surface area contributed by atoms with Gasteiger partial charge in [0.2, 0.25) is 0 Å². The summed E-state index contributed by atoms with van der Waals surface area (Å²) in [6.45, 7) is 4.26. The highest BCUT2D eigenvalue weighted by Crippen LogP contribution is 2.25. The molecular weight excluding hydrogens is 310 g/mol. The molecule has 0 saturated carbocycles. The highest BCUT2D eigenvalue weighted by molar-refractivity contribution is 7.90. The van der Waals surface area contributed by atoms with Gasteiger partial charge < -0.3 is 9.72 Å². The molecule has 0 aliphatic heterocycles. The highest BCUT2D eigenvalue weighted by atomic mass is 32.2. The normalized spacial score (nSPS) is 12.0. The molecule has 120 valence electrons. The molecule has 1 N–H and O–H groups in total. The van der Waals surface area contributed by atoms with Crippen molar-refractivity contribution in [3.63, 3.8) is 0 Å². The molecule has 0 bridgehead atoms. The van der Waals surface area contributed by atoms with E-state index in [1.165, 1.54) is 6.26 Å². The van der Waals surface area contributed by atoms with Gasteiger partial charge in [-0.2, -0.15) is 0 Å². The summed E-state index contributed by atoms with van der Waals surface area (Å²) in [6.07, 6.45) is 5.09. The topological polar surface area (TPSA) is 63.5 Å². The van der Waals surface area contributed by atoms with Crippen LogP contribution in [0.15, 0.2) is 53.7 Å². The fourth-order valence-corrected chi connectivity index (χ4v) is 3.13. The summed E-state index contributed by atoms with van der Waals surface area (Å²) in [7, 11) is -3.18. The van der Waals surface area contributed by atoms with Gasteiger partial charge in [-0.05, 0) is 42.3 Å². The second kappa shape index (κ2) is 5.70. The zero-order valence-corrected chi connectivity index (χ0v) is 14.1. The molecule has 2 heterocycles. The summed E-state index contributed by atoms with van der Waals surface area (Å²) in [5.41, 5.74) is 3.70. The van der Waals surface area contributed by atoms with E-state index >= 15 is 0 Å². The van der Waals surface area contributed by atoms with E-state index in [-0.39, 0.29) is 0 Å². The fourth-order valence-electron chi connectivity index (χ4n) is 2.50. The molecule has 1 aromatic carbocycles. The summed E-state index contributed by atoms with van der Waals surface area (Å²) in [4.78, 5) is 4.81. The number of fused-ring (bicyclic) bond motifs is 1.